The van der Waals surface area contributed by atoms with Crippen molar-refractivity contribution >= 4 is 29.9 Å². The number of rotatable bonds is 11. The van der Waals surface area contributed by atoms with Crippen LogP contribution in [0.5, 0.6) is 11.5 Å². The van der Waals surface area contributed by atoms with E-state index in [0.29, 0.717) is 18.2 Å². The number of ether oxygens (including phenoxy) is 4. The molecular weight excluding hydrogens is 473 g/mol. The van der Waals surface area contributed by atoms with Gasteiger partial charge in [-0.2, -0.15) is 0 Å². The number of aliphatic imine (C=N–C) groups is 1. The van der Waals surface area contributed by atoms with Crippen molar-refractivity contribution in [2.45, 2.75) is 26.3 Å². The summed E-state index contributed by atoms with van der Waals surface area (Å²) in [4.78, 5) is 4.65. The highest BCUT2D eigenvalue weighted by atomic mass is 127. The fourth-order valence-corrected chi connectivity index (χ4v) is 2.93. The summed E-state index contributed by atoms with van der Waals surface area (Å²) in [7, 11) is 3.28. The fraction of sp³-hybridized carbons (Fsp3) is 0.650. The average Bonchev–Trinajstić information content (AvgIpc) is 3.21. The predicted molar refractivity (Wildman–Crippen MR) is 122 cm³/mol. The van der Waals surface area contributed by atoms with Gasteiger partial charge in [0.2, 0.25) is 0 Å². The summed E-state index contributed by atoms with van der Waals surface area (Å²) in [5, 5.41) is 6.61. The van der Waals surface area contributed by atoms with E-state index in [9.17, 15) is 0 Å². The summed E-state index contributed by atoms with van der Waals surface area (Å²) in [5.74, 6) is 2.79. The van der Waals surface area contributed by atoms with E-state index in [-0.39, 0.29) is 24.0 Å². The predicted octanol–water partition coefficient (Wildman–Crippen LogP) is 2.82. The van der Waals surface area contributed by atoms with Gasteiger partial charge < -0.3 is 29.6 Å². The second-order valence-corrected chi connectivity index (χ2v) is 6.43. The van der Waals surface area contributed by atoms with E-state index in [4.69, 9.17) is 18.9 Å². The highest BCUT2D eigenvalue weighted by Crippen LogP contribution is 2.31. The highest BCUT2D eigenvalue weighted by molar-refractivity contribution is 14.0. The van der Waals surface area contributed by atoms with Crippen LogP contribution in [-0.4, -0.2) is 59.7 Å². The zero-order valence-electron chi connectivity index (χ0n) is 17.2. The van der Waals surface area contributed by atoms with Crippen LogP contribution >= 0.6 is 24.0 Å². The highest BCUT2D eigenvalue weighted by Gasteiger charge is 2.15. The SMILES string of the molecule is CCNC(=NCc1cccc(OC)c1OC)NCCCOCC1CCOC1.I. The van der Waals surface area contributed by atoms with Gasteiger partial charge in [-0.05, 0) is 25.8 Å². The smallest absolute Gasteiger partial charge is 0.191 e. The first-order valence-corrected chi connectivity index (χ1v) is 9.66. The monoisotopic (exact) mass is 507 g/mol. The van der Waals surface area contributed by atoms with E-state index < -0.39 is 0 Å². The molecule has 160 valence electrons. The molecule has 1 heterocycles. The van der Waals surface area contributed by atoms with Crippen LogP contribution in [0.15, 0.2) is 23.2 Å². The number of guanidine groups is 1. The van der Waals surface area contributed by atoms with E-state index in [0.717, 1.165) is 69.6 Å². The largest absolute Gasteiger partial charge is 0.493 e. The lowest BCUT2D eigenvalue weighted by molar-refractivity contribution is 0.0888. The van der Waals surface area contributed by atoms with Crippen LogP contribution in [0.4, 0.5) is 0 Å². The van der Waals surface area contributed by atoms with E-state index >= 15 is 0 Å². The summed E-state index contributed by atoms with van der Waals surface area (Å²) in [6.45, 7) is 7.42. The van der Waals surface area contributed by atoms with Crippen molar-refractivity contribution in [1.82, 2.24) is 10.6 Å². The van der Waals surface area contributed by atoms with Crippen LogP contribution in [0.25, 0.3) is 0 Å². The maximum absolute atomic E-state index is 5.73. The topological polar surface area (TPSA) is 73.3 Å². The van der Waals surface area contributed by atoms with Crippen molar-refractivity contribution in [3.05, 3.63) is 23.8 Å². The molecule has 1 atom stereocenters. The minimum atomic E-state index is 0. The summed E-state index contributed by atoms with van der Waals surface area (Å²) < 4.78 is 21.9. The maximum atomic E-state index is 5.73. The average molecular weight is 507 g/mol. The van der Waals surface area contributed by atoms with Crippen LogP contribution in [0.3, 0.4) is 0 Å². The number of nitrogens with zero attached hydrogens (tertiary/aromatic N) is 1. The lowest BCUT2D eigenvalue weighted by Crippen LogP contribution is -2.38. The molecule has 0 aliphatic carbocycles. The molecule has 2 N–H and O–H groups in total. The lowest BCUT2D eigenvalue weighted by atomic mass is 10.1. The Morgan fingerprint density at radius 2 is 2.11 bits per heavy atom. The first kappa shape index (κ1) is 24.8. The molecule has 1 aliphatic rings. The Morgan fingerprint density at radius 1 is 1.25 bits per heavy atom. The van der Waals surface area contributed by atoms with Gasteiger partial charge in [0.25, 0.3) is 0 Å². The number of methoxy groups -OCH3 is 2. The van der Waals surface area contributed by atoms with Gasteiger partial charge in [0.05, 0.1) is 34.0 Å². The fourth-order valence-electron chi connectivity index (χ4n) is 2.93. The standard InChI is InChI=1S/C20H33N3O4.HI/c1-4-21-20(22-10-6-11-26-14-16-9-12-27-15-16)23-13-17-7-5-8-18(24-2)19(17)25-3;/h5,7-8,16H,4,6,9-15H2,1-3H3,(H2,21,22,23);1H. The molecule has 0 aromatic heterocycles. The Morgan fingerprint density at radius 3 is 2.79 bits per heavy atom. The minimum Gasteiger partial charge on any atom is -0.493 e. The zero-order valence-corrected chi connectivity index (χ0v) is 19.5. The molecule has 2 rings (SSSR count). The molecule has 1 aliphatic heterocycles. The summed E-state index contributed by atoms with van der Waals surface area (Å²) in [6.07, 6.45) is 2.05. The second kappa shape index (κ2) is 14.7. The van der Waals surface area contributed by atoms with Gasteiger partial charge in [-0.15, -0.1) is 24.0 Å². The van der Waals surface area contributed by atoms with Crippen LogP contribution in [0.1, 0.15) is 25.3 Å². The third-order valence-corrected chi connectivity index (χ3v) is 4.37. The van der Waals surface area contributed by atoms with Gasteiger partial charge in [0.15, 0.2) is 17.5 Å². The van der Waals surface area contributed by atoms with Crippen LogP contribution in [0, 0.1) is 5.92 Å². The molecule has 1 unspecified atom stereocenters. The maximum Gasteiger partial charge on any atom is 0.191 e. The molecule has 0 saturated carbocycles. The Labute approximate surface area is 185 Å². The van der Waals surface area contributed by atoms with E-state index in [1.807, 2.05) is 18.2 Å². The molecule has 0 bridgehead atoms. The molecule has 1 fully saturated rings. The van der Waals surface area contributed by atoms with Gasteiger partial charge in [-0.3, -0.25) is 0 Å². The van der Waals surface area contributed by atoms with Gasteiger partial charge in [-0.25, -0.2) is 4.99 Å². The number of para-hydroxylation sites is 1. The van der Waals surface area contributed by atoms with Crippen molar-refractivity contribution in [2.75, 3.05) is 53.7 Å². The Hall–Kier alpha value is -1.26. The normalized spacial score (nSPS) is 16.4. The molecular formula is C20H34IN3O4. The molecule has 0 radical (unpaired) electrons. The van der Waals surface area contributed by atoms with Crippen LogP contribution in [-0.2, 0) is 16.0 Å². The third-order valence-electron chi connectivity index (χ3n) is 4.37. The van der Waals surface area contributed by atoms with E-state index in [2.05, 4.69) is 22.5 Å². The molecule has 1 aromatic rings. The van der Waals surface area contributed by atoms with Crippen molar-refractivity contribution in [2.24, 2.45) is 10.9 Å². The van der Waals surface area contributed by atoms with E-state index in [1.165, 1.54) is 0 Å². The molecule has 7 nitrogen and oxygen atoms in total. The molecule has 28 heavy (non-hydrogen) atoms. The van der Waals surface area contributed by atoms with Gasteiger partial charge in [0, 0.05) is 37.8 Å². The second-order valence-electron chi connectivity index (χ2n) is 6.43. The third kappa shape index (κ3) is 8.40. The zero-order chi connectivity index (χ0) is 19.3. The van der Waals surface area contributed by atoms with Gasteiger partial charge >= 0.3 is 0 Å². The van der Waals surface area contributed by atoms with Crippen molar-refractivity contribution < 1.29 is 18.9 Å². The van der Waals surface area contributed by atoms with Crippen molar-refractivity contribution in [1.29, 1.82) is 0 Å². The summed E-state index contributed by atoms with van der Waals surface area (Å²) >= 11 is 0. The number of nitrogens with one attached hydrogen (secondary N) is 2. The van der Waals surface area contributed by atoms with Gasteiger partial charge in [-0.1, -0.05) is 12.1 Å². The first-order chi connectivity index (χ1) is 13.3. The first-order valence-electron chi connectivity index (χ1n) is 9.66. The molecule has 0 spiro atoms. The van der Waals surface area contributed by atoms with Crippen LogP contribution in [0.2, 0.25) is 0 Å². The Balaban J connectivity index is 0.00000392. The number of hydrogen-bond acceptors (Lipinski definition) is 5. The number of hydrogen-bond donors (Lipinski definition) is 2. The molecule has 1 saturated heterocycles. The minimum absolute atomic E-state index is 0. The van der Waals surface area contributed by atoms with Crippen molar-refractivity contribution in [3.63, 3.8) is 0 Å². The molecule has 0 amide bonds. The number of benzene rings is 1. The molecule has 8 heteroatoms. The summed E-state index contributed by atoms with van der Waals surface area (Å²) in [6, 6.07) is 5.82. The van der Waals surface area contributed by atoms with Gasteiger partial charge in [0.1, 0.15) is 0 Å². The molecule has 1 aromatic carbocycles. The Kier molecular flexibility index (Phi) is 13.0. The number of halogens is 1. The van der Waals surface area contributed by atoms with Crippen LogP contribution < -0.4 is 20.1 Å². The quantitative estimate of drug-likeness (QED) is 0.208. The lowest BCUT2D eigenvalue weighted by Gasteiger charge is -2.14. The van der Waals surface area contributed by atoms with Crippen molar-refractivity contribution in [3.8, 4) is 11.5 Å². The summed E-state index contributed by atoms with van der Waals surface area (Å²) in [5.41, 5.74) is 0.983. The Bertz CT molecular complexity index is 581. The van der Waals surface area contributed by atoms with E-state index in [1.54, 1.807) is 14.2 Å².